The molecule has 1 atom stereocenters. The van der Waals surface area contributed by atoms with E-state index in [9.17, 15) is 5.11 Å². The van der Waals surface area contributed by atoms with Gasteiger partial charge in [-0.05, 0) is 35.9 Å². The maximum absolute atomic E-state index is 10.4. The van der Waals surface area contributed by atoms with Crippen molar-refractivity contribution in [1.29, 1.82) is 0 Å². The predicted molar refractivity (Wildman–Crippen MR) is 108 cm³/mol. The molecular formula is C20H21ClN6O. The standard InChI is InChI=1S/C20H21ClN6O/c21-15-4-5-17-14(11-15)12-16(28)13-19-23-24-20(27(17)19)26-9-7-25(8-10-26)18-3-1-2-6-22-18/h1-6,11,16,28H,7-10,12-13H2. The number of halogens is 1. The molecule has 0 amide bonds. The summed E-state index contributed by atoms with van der Waals surface area (Å²) in [5.41, 5.74) is 2.02. The molecule has 0 bridgehead atoms. The van der Waals surface area contributed by atoms with Crippen molar-refractivity contribution in [2.24, 2.45) is 0 Å². The number of aromatic nitrogens is 4. The van der Waals surface area contributed by atoms with Crippen molar-refractivity contribution in [3.05, 3.63) is 59.0 Å². The van der Waals surface area contributed by atoms with Crippen molar-refractivity contribution < 1.29 is 5.11 Å². The van der Waals surface area contributed by atoms with Gasteiger partial charge in [0.1, 0.15) is 11.6 Å². The second kappa shape index (κ2) is 7.07. The SMILES string of the molecule is OC1Cc2cc(Cl)ccc2-n2c(nnc2N2CCN(c3ccccn3)CC2)C1. The molecule has 2 aliphatic heterocycles. The summed E-state index contributed by atoms with van der Waals surface area (Å²) in [6.45, 7) is 3.41. The zero-order chi connectivity index (χ0) is 19.1. The van der Waals surface area contributed by atoms with Crippen LogP contribution in [-0.2, 0) is 12.8 Å². The molecule has 1 aromatic carbocycles. The molecule has 1 saturated heterocycles. The highest BCUT2D eigenvalue weighted by Gasteiger charge is 2.28. The molecule has 4 heterocycles. The molecule has 28 heavy (non-hydrogen) atoms. The van der Waals surface area contributed by atoms with Gasteiger partial charge in [0.05, 0.1) is 11.8 Å². The van der Waals surface area contributed by atoms with E-state index in [1.54, 1.807) is 0 Å². The van der Waals surface area contributed by atoms with E-state index in [1.165, 1.54) is 0 Å². The van der Waals surface area contributed by atoms with Crippen molar-refractivity contribution >= 4 is 23.4 Å². The molecule has 2 aliphatic rings. The van der Waals surface area contributed by atoms with E-state index in [0.717, 1.165) is 55.0 Å². The fourth-order valence-corrected chi connectivity index (χ4v) is 4.23. The number of rotatable bonds is 2. The minimum atomic E-state index is -0.489. The second-order valence-electron chi connectivity index (χ2n) is 7.25. The van der Waals surface area contributed by atoms with Gasteiger partial charge in [-0.2, -0.15) is 0 Å². The van der Waals surface area contributed by atoms with Crippen LogP contribution in [0.5, 0.6) is 0 Å². The maximum atomic E-state index is 10.4. The number of fused-ring (bicyclic) bond motifs is 3. The highest BCUT2D eigenvalue weighted by Crippen LogP contribution is 2.30. The molecule has 144 valence electrons. The highest BCUT2D eigenvalue weighted by molar-refractivity contribution is 6.30. The Morgan fingerprint density at radius 1 is 0.964 bits per heavy atom. The first-order valence-corrected chi connectivity index (χ1v) is 9.89. The Labute approximate surface area is 168 Å². The first-order valence-electron chi connectivity index (χ1n) is 9.51. The van der Waals surface area contributed by atoms with E-state index < -0.39 is 6.10 Å². The third-order valence-electron chi connectivity index (χ3n) is 5.40. The summed E-state index contributed by atoms with van der Waals surface area (Å²) in [6.07, 6.45) is 2.38. The normalized spacial score (nSPS) is 19.1. The Hall–Kier alpha value is -2.64. The number of piperazine rings is 1. The molecule has 3 aromatic rings. The third kappa shape index (κ3) is 3.10. The summed E-state index contributed by atoms with van der Waals surface area (Å²) in [4.78, 5) is 8.99. The zero-order valence-electron chi connectivity index (χ0n) is 15.4. The van der Waals surface area contributed by atoms with Crippen LogP contribution in [0.3, 0.4) is 0 Å². The van der Waals surface area contributed by atoms with Crippen molar-refractivity contribution in [3.8, 4) is 5.69 Å². The van der Waals surface area contributed by atoms with Crippen LogP contribution in [0.15, 0.2) is 42.6 Å². The number of hydrogen-bond donors (Lipinski definition) is 1. The molecule has 0 spiro atoms. The molecule has 1 fully saturated rings. The van der Waals surface area contributed by atoms with Crippen LogP contribution in [-0.4, -0.2) is 57.1 Å². The molecule has 8 heteroatoms. The zero-order valence-corrected chi connectivity index (χ0v) is 16.1. The van der Waals surface area contributed by atoms with Crippen LogP contribution >= 0.6 is 11.6 Å². The number of aliphatic hydroxyl groups is 1. The lowest BCUT2D eigenvalue weighted by atomic mass is 10.1. The topological polar surface area (TPSA) is 70.3 Å². The molecule has 1 N–H and O–H groups in total. The smallest absolute Gasteiger partial charge is 0.232 e. The van der Waals surface area contributed by atoms with Crippen LogP contribution in [0.4, 0.5) is 11.8 Å². The molecule has 0 radical (unpaired) electrons. The second-order valence-corrected chi connectivity index (χ2v) is 7.69. The average Bonchev–Trinajstić information content (AvgIpc) is 3.06. The Morgan fingerprint density at radius 2 is 1.79 bits per heavy atom. The van der Waals surface area contributed by atoms with Crippen molar-refractivity contribution in [3.63, 3.8) is 0 Å². The van der Waals surface area contributed by atoms with E-state index in [4.69, 9.17) is 11.6 Å². The lowest BCUT2D eigenvalue weighted by Crippen LogP contribution is -2.47. The minimum Gasteiger partial charge on any atom is -0.392 e. The quantitative estimate of drug-likeness (QED) is 0.715. The van der Waals surface area contributed by atoms with Gasteiger partial charge in [-0.1, -0.05) is 17.7 Å². The Bertz CT molecular complexity index is 984. The number of pyridine rings is 1. The maximum Gasteiger partial charge on any atom is 0.232 e. The van der Waals surface area contributed by atoms with Crippen molar-refractivity contribution in [2.75, 3.05) is 36.0 Å². The van der Waals surface area contributed by atoms with Gasteiger partial charge in [0.25, 0.3) is 0 Å². The summed E-state index contributed by atoms with van der Waals surface area (Å²) >= 11 is 6.20. The summed E-state index contributed by atoms with van der Waals surface area (Å²) in [5, 5.41) is 19.9. The molecule has 5 rings (SSSR count). The van der Waals surface area contributed by atoms with Crippen LogP contribution in [0.2, 0.25) is 5.02 Å². The number of benzene rings is 1. The van der Waals surface area contributed by atoms with Crippen LogP contribution in [0.25, 0.3) is 5.69 Å². The van der Waals surface area contributed by atoms with E-state index in [1.807, 2.05) is 42.6 Å². The largest absolute Gasteiger partial charge is 0.392 e. The number of anilines is 2. The van der Waals surface area contributed by atoms with E-state index >= 15 is 0 Å². The van der Waals surface area contributed by atoms with Crippen LogP contribution in [0, 0.1) is 0 Å². The molecule has 0 aliphatic carbocycles. The lowest BCUT2D eigenvalue weighted by molar-refractivity contribution is 0.174. The van der Waals surface area contributed by atoms with Gasteiger partial charge in [0, 0.05) is 50.2 Å². The van der Waals surface area contributed by atoms with Crippen molar-refractivity contribution in [1.82, 2.24) is 19.7 Å². The minimum absolute atomic E-state index is 0.479. The predicted octanol–water partition coefficient (Wildman–Crippen LogP) is 2.10. The summed E-state index contributed by atoms with van der Waals surface area (Å²) in [5.74, 6) is 2.62. The fraction of sp³-hybridized carbons (Fsp3) is 0.350. The average molecular weight is 397 g/mol. The van der Waals surface area contributed by atoms with Gasteiger partial charge in [0.2, 0.25) is 5.95 Å². The van der Waals surface area contributed by atoms with Gasteiger partial charge >= 0.3 is 0 Å². The first-order chi connectivity index (χ1) is 13.7. The number of aliphatic hydroxyl groups excluding tert-OH is 1. The van der Waals surface area contributed by atoms with Gasteiger partial charge in [-0.25, -0.2) is 4.98 Å². The van der Waals surface area contributed by atoms with Gasteiger partial charge in [-0.3, -0.25) is 4.57 Å². The first kappa shape index (κ1) is 17.5. The van der Waals surface area contributed by atoms with Crippen LogP contribution in [0.1, 0.15) is 11.4 Å². The van der Waals surface area contributed by atoms with Gasteiger partial charge in [-0.15, -0.1) is 10.2 Å². The Kier molecular flexibility index (Phi) is 4.41. The fourth-order valence-electron chi connectivity index (χ4n) is 4.04. The summed E-state index contributed by atoms with van der Waals surface area (Å²) in [6, 6.07) is 11.8. The highest BCUT2D eigenvalue weighted by atomic mass is 35.5. The number of hydrogen-bond acceptors (Lipinski definition) is 6. The summed E-state index contributed by atoms with van der Waals surface area (Å²) in [7, 11) is 0. The molecule has 1 unspecified atom stereocenters. The lowest BCUT2D eigenvalue weighted by Gasteiger charge is -2.35. The molecular weight excluding hydrogens is 376 g/mol. The van der Waals surface area contributed by atoms with Gasteiger partial charge < -0.3 is 14.9 Å². The molecule has 7 nitrogen and oxygen atoms in total. The Morgan fingerprint density at radius 3 is 2.57 bits per heavy atom. The van der Waals surface area contributed by atoms with E-state index in [0.29, 0.717) is 17.9 Å². The third-order valence-corrected chi connectivity index (χ3v) is 5.64. The van der Waals surface area contributed by atoms with Gasteiger partial charge in [0.15, 0.2) is 0 Å². The number of nitrogens with zero attached hydrogens (tertiary/aromatic N) is 6. The van der Waals surface area contributed by atoms with Crippen LogP contribution < -0.4 is 9.80 Å². The summed E-state index contributed by atoms with van der Waals surface area (Å²) < 4.78 is 2.08. The molecule has 2 aromatic heterocycles. The van der Waals surface area contributed by atoms with E-state index in [-0.39, 0.29) is 0 Å². The van der Waals surface area contributed by atoms with E-state index in [2.05, 4.69) is 29.5 Å². The molecule has 0 saturated carbocycles. The Balaban J connectivity index is 1.45. The monoisotopic (exact) mass is 396 g/mol. The van der Waals surface area contributed by atoms with Crippen molar-refractivity contribution in [2.45, 2.75) is 18.9 Å².